The Morgan fingerprint density at radius 3 is 2.32 bits per heavy atom. The van der Waals surface area contributed by atoms with Gasteiger partial charge in [-0.05, 0) is 39.5 Å². The van der Waals surface area contributed by atoms with E-state index in [2.05, 4.69) is 25.9 Å². The van der Waals surface area contributed by atoms with E-state index in [1.165, 1.54) is 17.0 Å². The summed E-state index contributed by atoms with van der Waals surface area (Å²) in [7, 11) is 0. The van der Waals surface area contributed by atoms with Gasteiger partial charge in [0.25, 0.3) is 0 Å². The Bertz CT molecular complexity index is 727. The Morgan fingerprint density at radius 1 is 1.25 bits per heavy atom. The van der Waals surface area contributed by atoms with E-state index < -0.39 is 22.1 Å². The molecular weight excluding hydrogens is 370 g/mol. The van der Waals surface area contributed by atoms with Crippen LogP contribution in [0.5, 0.6) is 0 Å². The van der Waals surface area contributed by atoms with Crippen molar-refractivity contribution in [3.05, 3.63) is 22.5 Å². The predicted octanol–water partition coefficient (Wildman–Crippen LogP) is 0.569. The highest BCUT2D eigenvalue weighted by molar-refractivity contribution is 5.92. The molecule has 0 amide bonds. The molecule has 0 aliphatic heterocycles. The fraction of sp³-hybridized carbons (Fsp3) is 0.688. The molecule has 1 rings (SSSR count). The van der Waals surface area contributed by atoms with Gasteiger partial charge in [-0.25, -0.2) is 4.57 Å². The first kappa shape index (κ1) is 23.5. The molecule has 0 aliphatic carbocycles. The van der Waals surface area contributed by atoms with E-state index in [4.69, 9.17) is 5.21 Å². The maximum absolute atomic E-state index is 11.0. The Hall–Kier alpha value is -2.57. The molecule has 158 valence electrons. The molecule has 0 radical (unpaired) electrons. The van der Waals surface area contributed by atoms with Crippen molar-refractivity contribution in [2.24, 2.45) is 10.3 Å². The summed E-state index contributed by atoms with van der Waals surface area (Å²) in [4.78, 5) is 14.0. The Balaban J connectivity index is 2.68. The van der Waals surface area contributed by atoms with Crippen molar-refractivity contribution < 1.29 is 20.4 Å². The number of rotatable bonds is 11. The molecule has 5 N–H and O–H groups in total. The Kier molecular flexibility index (Phi) is 8.02. The van der Waals surface area contributed by atoms with Crippen molar-refractivity contribution in [1.82, 2.24) is 20.2 Å². The van der Waals surface area contributed by atoms with Crippen LogP contribution in [0.3, 0.4) is 0 Å². The number of nitrogens with zero attached hydrogens (tertiary/aromatic N) is 5. The zero-order chi connectivity index (χ0) is 21.5. The normalized spacial score (nSPS) is 14.9. The molecule has 1 aromatic rings. The summed E-state index contributed by atoms with van der Waals surface area (Å²) >= 11 is 0. The van der Waals surface area contributed by atoms with Crippen molar-refractivity contribution >= 4 is 17.4 Å². The second-order valence-electron chi connectivity index (χ2n) is 7.51. The number of nitrogens with one attached hydrogen (secondary N) is 2. The van der Waals surface area contributed by atoms with Crippen LogP contribution in [0, 0.1) is 10.1 Å². The van der Waals surface area contributed by atoms with Gasteiger partial charge >= 0.3 is 5.95 Å². The second-order valence-corrected chi connectivity index (χ2v) is 7.51. The molecule has 0 saturated heterocycles. The van der Waals surface area contributed by atoms with Gasteiger partial charge < -0.3 is 36.3 Å². The lowest BCUT2D eigenvalue weighted by molar-refractivity contribution is -0.396. The number of hydrogen-bond donors (Lipinski definition) is 5. The minimum Gasteiger partial charge on any atom is -0.411 e. The molecule has 0 fully saturated rings. The van der Waals surface area contributed by atoms with Crippen LogP contribution in [0.1, 0.15) is 34.6 Å². The number of aliphatic hydroxyl groups excluding tert-OH is 1. The molecule has 12 heteroatoms. The predicted molar refractivity (Wildman–Crippen MR) is 103 cm³/mol. The molecular formula is C16H29N7O5. The lowest BCUT2D eigenvalue weighted by Gasteiger charge is -2.30. The third-order valence-corrected chi connectivity index (χ3v) is 4.63. The molecule has 1 unspecified atom stereocenters. The molecule has 0 aromatic carbocycles. The summed E-state index contributed by atoms with van der Waals surface area (Å²) in [6.45, 7) is 9.12. The van der Waals surface area contributed by atoms with E-state index >= 15 is 0 Å². The Morgan fingerprint density at radius 2 is 1.82 bits per heavy atom. The van der Waals surface area contributed by atoms with E-state index in [1.54, 1.807) is 20.8 Å². The maximum Gasteiger partial charge on any atom is 0.434 e. The summed E-state index contributed by atoms with van der Waals surface area (Å²) in [5.41, 5.74) is -0.739. The molecule has 1 atom stereocenters. The minimum atomic E-state index is -0.855. The van der Waals surface area contributed by atoms with Crippen LogP contribution in [0.15, 0.2) is 22.7 Å². The van der Waals surface area contributed by atoms with Gasteiger partial charge in [0.15, 0.2) is 0 Å². The quantitative estimate of drug-likeness (QED) is 0.155. The zero-order valence-electron chi connectivity index (χ0n) is 16.7. The fourth-order valence-corrected chi connectivity index (χ4v) is 2.29. The van der Waals surface area contributed by atoms with E-state index in [9.17, 15) is 20.4 Å². The zero-order valence-corrected chi connectivity index (χ0v) is 16.7. The van der Waals surface area contributed by atoms with Gasteiger partial charge in [-0.15, -0.1) is 0 Å². The van der Waals surface area contributed by atoms with Crippen LogP contribution < -0.4 is 10.6 Å². The minimum absolute atomic E-state index is 0.0413. The fourth-order valence-electron chi connectivity index (χ4n) is 2.29. The van der Waals surface area contributed by atoms with Crippen LogP contribution in [-0.4, -0.2) is 71.7 Å². The van der Waals surface area contributed by atoms with Crippen molar-refractivity contribution in [1.29, 1.82) is 0 Å². The van der Waals surface area contributed by atoms with Crippen LogP contribution in [-0.2, 0) is 6.54 Å². The highest BCUT2D eigenvalue weighted by Gasteiger charge is 2.30. The van der Waals surface area contributed by atoms with E-state index in [0.29, 0.717) is 5.71 Å². The largest absolute Gasteiger partial charge is 0.434 e. The Labute approximate surface area is 163 Å². The molecule has 12 nitrogen and oxygen atoms in total. The van der Waals surface area contributed by atoms with Crippen LogP contribution in [0.4, 0.5) is 5.95 Å². The van der Waals surface area contributed by atoms with Crippen molar-refractivity contribution in [2.45, 2.75) is 58.3 Å². The van der Waals surface area contributed by atoms with E-state index in [0.717, 1.165) is 0 Å². The number of hydrogen-bond acceptors (Lipinski definition) is 10. The number of nitro groups is 1. The summed E-state index contributed by atoms with van der Waals surface area (Å²) in [5, 5.41) is 52.1. The summed E-state index contributed by atoms with van der Waals surface area (Å²) < 4.78 is 1.26. The molecule has 28 heavy (non-hydrogen) atoms. The average molecular weight is 399 g/mol. The lowest BCUT2D eigenvalue weighted by atomic mass is 9.97. The number of aromatic nitrogens is 2. The number of aliphatic hydroxyl groups is 1. The van der Waals surface area contributed by atoms with Crippen molar-refractivity contribution in [3.8, 4) is 0 Å². The number of β-amino-alcohol motifs (C(OH)–C–C–N with tert-alkyl or cyclic N) is 1. The first-order valence-corrected chi connectivity index (χ1v) is 8.68. The van der Waals surface area contributed by atoms with Crippen molar-refractivity contribution in [2.75, 3.05) is 13.1 Å². The number of oxime groups is 2. The van der Waals surface area contributed by atoms with Crippen LogP contribution >= 0.6 is 0 Å². The van der Waals surface area contributed by atoms with E-state index in [1.807, 2.05) is 13.8 Å². The highest BCUT2D eigenvalue weighted by atomic mass is 16.6. The van der Waals surface area contributed by atoms with Gasteiger partial charge in [0.05, 0.1) is 22.9 Å². The molecule has 1 aromatic heterocycles. The molecule has 1 heterocycles. The van der Waals surface area contributed by atoms with Crippen LogP contribution in [0.2, 0.25) is 0 Å². The number of imidazole rings is 1. The lowest BCUT2D eigenvalue weighted by Crippen LogP contribution is -2.54. The van der Waals surface area contributed by atoms with Gasteiger partial charge in [-0.1, -0.05) is 15.3 Å². The first-order chi connectivity index (χ1) is 12.9. The third kappa shape index (κ3) is 6.25. The maximum atomic E-state index is 11.0. The van der Waals surface area contributed by atoms with Crippen molar-refractivity contribution in [3.63, 3.8) is 0 Å². The molecule has 0 spiro atoms. The molecule has 0 bridgehead atoms. The highest BCUT2D eigenvalue weighted by Crippen LogP contribution is 2.13. The average Bonchev–Trinajstić information content (AvgIpc) is 3.10. The van der Waals surface area contributed by atoms with Crippen LogP contribution in [0.25, 0.3) is 0 Å². The standard InChI is InChI=1S/C16H29N7O5/c1-11(20-25)15(2,3)18-8-12(24)9-19-16(4,5)13(21-26)10-22-7-6-17-14(22)23(27)28/h6-7,12,18-19,24-26H,8-10H2,1-5H3. The molecule has 0 saturated carbocycles. The third-order valence-electron chi connectivity index (χ3n) is 4.63. The monoisotopic (exact) mass is 399 g/mol. The molecule has 0 aliphatic rings. The topological polar surface area (TPSA) is 170 Å². The van der Waals surface area contributed by atoms with Gasteiger partial charge in [-0.3, -0.25) is 0 Å². The van der Waals surface area contributed by atoms with Gasteiger partial charge in [0.2, 0.25) is 0 Å². The van der Waals surface area contributed by atoms with Gasteiger partial charge in [-0.2, -0.15) is 0 Å². The van der Waals surface area contributed by atoms with E-state index in [-0.39, 0.29) is 31.3 Å². The summed E-state index contributed by atoms with van der Waals surface area (Å²) in [6.07, 6.45) is 1.93. The SMILES string of the molecule is CC(=NO)C(C)(C)NCC(O)CNC(C)(C)C(Cn1ccnc1[N+](=O)[O-])=NO. The first-order valence-electron chi connectivity index (χ1n) is 8.68. The second kappa shape index (κ2) is 9.57. The summed E-state index contributed by atoms with van der Waals surface area (Å²) in [6, 6.07) is 0. The van der Waals surface area contributed by atoms with Gasteiger partial charge in [0.1, 0.15) is 24.7 Å². The summed E-state index contributed by atoms with van der Waals surface area (Å²) in [5.74, 6) is -0.357. The van der Waals surface area contributed by atoms with Gasteiger partial charge in [0, 0.05) is 13.1 Å². The smallest absolute Gasteiger partial charge is 0.411 e.